The third kappa shape index (κ3) is 8.92. The third-order valence-electron chi connectivity index (χ3n) is 4.33. The first-order chi connectivity index (χ1) is 12.3. The molecule has 3 nitrogen and oxygen atoms in total. The van der Waals surface area contributed by atoms with Gasteiger partial charge < -0.3 is 0 Å². The van der Waals surface area contributed by atoms with Crippen molar-refractivity contribution >= 4 is 15.7 Å². The van der Waals surface area contributed by atoms with E-state index in [9.17, 15) is 21.6 Å². The number of rotatable bonds is 13. The average molecular weight is 394 g/mol. The molecule has 0 unspecified atom stereocenters. The maximum atomic E-state index is 12.3. The van der Waals surface area contributed by atoms with Gasteiger partial charge in [-0.3, -0.25) is 4.72 Å². The first-order valence-electron chi connectivity index (χ1n) is 9.44. The van der Waals surface area contributed by atoms with Crippen LogP contribution in [0.15, 0.2) is 24.3 Å². The maximum absolute atomic E-state index is 12.3. The summed E-state index contributed by atoms with van der Waals surface area (Å²) in [7, 11) is -5.35. The number of aryl methyl sites for hydroxylation is 1. The second-order valence-electron chi connectivity index (χ2n) is 6.68. The Hall–Kier alpha value is -1.24. The molecule has 0 saturated carbocycles. The highest BCUT2D eigenvalue weighted by atomic mass is 32.2. The predicted octanol–water partition coefficient (Wildman–Crippen LogP) is 6.41. The molecule has 1 N–H and O–H groups in total. The van der Waals surface area contributed by atoms with Gasteiger partial charge in [0.15, 0.2) is 0 Å². The van der Waals surface area contributed by atoms with Gasteiger partial charge in [-0.1, -0.05) is 76.8 Å². The molecule has 0 atom stereocenters. The predicted molar refractivity (Wildman–Crippen MR) is 101 cm³/mol. The fourth-order valence-corrected chi connectivity index (χ4v) is 3.33. The van der Waals surface area contributed by atoms with Crippen LogP contribution in [-0.4, -0.2) is 13.9 Å². The third-order valence-corrected chi connectivity index (χ3v) is 5.44. The summed E-state index contributed by atoms with van der Waals surface area (Å²) in [5, 5.41) is 0. The van der Waals surface area contributed by atoms with E-state index in [4.69, 9.17) is 0 Å². The normalized spacial score (nSPS) is 12.3. The molecule has 0 bridgehead atoms. The Labute approximate surface area is 155 Å². The van der Waals surface area contributed by atoms with Crippen molar-refractivity contribution in [2.75, 3.05) is 4.72 Å². The molecule has 0 spiro atoms. The van der Waals surface area contributed by atoms with Gasteiger partial charge in [-0.15, -0.1) is 0 Å². The van der Waals surface area contributed by atoms with Gasteiger partial charge in [-0.05, 0) is 30.5 Å². The largest absolute Gasteiger partial charge is 0.516 e. The molecule has 150 valence electrons. The molecule has 7 heteroatoms. The van der Waals surface area contributed by atoms with Crippen molar-refractivity contribution in [1.29, 1.82) is 0 Å². The van der Waals surface area contributed by atoms with Crippen LogP contribution >= 0.6 is 0 Å². The Balaban J connectivity index is 2.19. The first-order valence-corrected chi connectivity index (χ1v) is 10.9. The zero-order valence-corrected chi connectivity index (χ0v) is 16.3. The van der Waals surface area contributed by atoms with Crippen molar-refractivity contribution < 1.29 is 21.6 Å². The lowest BCUT2D eigenvalue weighted by atomic mass is 10.0. The number of unbranched alkanes of at least 4 members (excludes halogenated alkanes) is 9. The van der Waals surface area contributed by atoms with Crippen LogP contribution in [0.25, 0.3) is 0 Å². The van der Waals surface area contributed by atoms with Crippen molar-refractivity contribution in [2.45, 2.75) is 83.1 Å². The van der Waals surface area contributed by atoms with Gasteiger partial charge in [0.25, 0.3) is 0 Å². The molecule has 0 aromatic heterocycles. The lowest BCUT2D eigenvalue weighted by molar-refractivity contribution is -0.0429. The van der Waals surface area contributed by atoms with Crippen molar-refractivity contribution in [3.05, 3.63) is 29.8 Å². The molecule has 0 saturated heterocycles. The summed E-state index contributed by atoms with van der Waals surface area (Å²) < 4.78 is 60.6. The number of hydrogen-bond donors (Lipinski definition) is 1. The monoisotopic (exact) mass is 393 g/mol. The molecule has 0 amide bonds. The zero-order valence-electron chi connectivity index (χ0n) is 15.4. The Morgan fingerprint density at radius 3 is 1.73 bits per heavy atom. The molecule has 0 aliphatic heterocycles. The Bertz CT molecular complexity index is 598. The van der Waals surface area contributed by atoms with Gasteiger partial charge in [-0.2, -0.15) is 21.6 Å². The van der Waals surface area contributed by atoms with Crippen molar-refractivity contribution in [1.82, 2.24) is 0 Å². The van der Waals surface area contributed by atoms with E-state index < -0.39 is 15.5 Å². The molecular weight excluding hydrogens is 363 g/mol. The molecule has 1 aromatic rings. The Morgan fingerprint density at radius 2 is 1.27 bits per heavy atom. The highest BCUT2D eigenvalue weighted by molar-refractivity contribution is 7.93. The number of nitrogens with one attached hydrogen (secondary N) is 1. The second-order valence-corrected chi connectivity index (χ2v) is 8.35. The lowest BCUT2D eigenvalue weighted by Crippen LogP contribution is -2.29. The quantitative estimate of drug-likeness (QED) is 0.394. The smallest absolute Gasteiger partial charge is 0.276 e. The molecular formula is C19H30F3NO2S. The van der Waals surface area contributed by atoms with Crippen LogP contribution in [0.3, 0.4) is 0 Å². The number of sulfonamides is 1. The summed E-state index contributed by atoms with van der Waals surface area (Å²) in [5.74, 6) is 0. The van der Waals surface area contributed by atoms with E-state index in [1.807, 2.05) is 0 Å². The first kappa shape index (κ1) is 22.8. The fourth-order valence-electron chi connectivity index (χ4n) is 2.77. The van der Waals surface area contributed by atoms with Gasteiger partial charge in [0.05, 0.1) is 0 Å². The van der Waals surface area contributed by atoms with Crippen LogP contribution < -0.4 is 4.72 Å². The number of alkyl halides is 3. The van der Waals surface area contributed by atoms with E-state index in [2.05, 4.69) is 6.92 Å². The Morgan fingerprint density at radius 1 is 0.808 bits per heavy atom. The SMILES string of the molecule is CCCCCCCCCCCCc1ccc(NS(=O)(=O)C(F)(F)F)cc1. The van der Waals surface area contributed by atoms with Crippen LogP contribution in [0.5, 0.6) is 0 Å². The molecule has 26 heavy (non-hydrogen) atoms. The highest BCUT2D eigenvalue weighted by Crippen LogP contribution is 2.25. The maximum Gasteiger partial charge on any atom is 0.516 e. The van der Waals surface area contributed by atoms with Gasteiger partial charge >= 0.3 is 15.5 Å². The fraction of sp³-hybridized carbons (Fsp3) is 0.684. The van der Waals surface area contributed by atoms with Crippen LogP contribution in [0, 0.1) is 0 Å². The number of halogens is 3. The highest BCUT2D eigenvalue weighted by Gasteiger charge is 2.45. The molecule has 0 aliphatic rings. The van der Waals surface area contributed by atoms with Gasteiger partial charge in [-0.25, -0.2) is 0 Å². The van der Waals surface area contributed by atoms with Gasteiger partial charge in [0, 0.05) is 5.69 Å². The molecule has 1 aromatic carbocycles. The van der Waals surface area contributed by atoms with E-state index >= 15 is 0 Å². The Kier molecular flexibility index (Phi) is 10.1. The minimum absolute atomic E-state index is 0.0749. The summed E-state index contributed by atoms with van der Waals surface area (Å²) in [6, 6.07) is 6.08. The van der Waals surface area contributed by atoms with Crippen molar-refractivity contribution in [3.8, 4) is 0 Å². The van der Waals surface area contributed by atoms with E-state index in [-0.39, 0.29) is 5.69 Å². The minimum Gasteiger partial charge on any atom is -0.276 e. The lowest BCUT2D eigenvalue weighted by Gasteiger charge is -2.11. The van der Waals surface area contributed by atoms with E-state index in [0.29, 0.717) is 0 Å². The topological polar surface area (TPSA) is 46.2 Å². The zero-order chi connectivity index (χ0) is 19.5. The molecule has 0 fully saturated rings. The molecule has 0 aliphatic carbocycles. The number of hydrogen-bond acceptors (Lipinski definition) is 2. The summed E-state index contributed by atoms with van der Waals surface area (Å²) >= 11 is 0. The van der Waals surface area contributed by atoms with Crippen molar-refractivity contribution in [3.63, 3.8) is 0 Å². The van der Waals surface area contributed by atoms with E-state index in [0.717, 1.165) is 24.8 Å². The van der Waals surface area contributed by atoms with Gasteiger partial charge in [0.1, 0.15) is 0 Å². The van der Waals surface area contributed by atoms with Gasteiger partial charge in [0.2, 0.25) is 0 Å². The standard InChI is InChI=1S/C19H30F3NO2S/c1-2-3-4-5-6-7-8-9-10-11-12-17-13-15-18(16-14-17)23-26(24,25)19(20,21)22/h13-16,23H,2-12H2,1H3. The summed E-state index contributed by atoms with van der Waals surface area (Å²) in [5.41, 5.74) is -4.38. The minimum atomic E-state index is -5.35. The second kappa shape index (κ2) is 11.5. The summed E-state index contributed by atoms with van der Waals surface area (Å²) in [4.78, 5) is 0. The number of benzene rings is 1. The van der Waals surface area contributed by atoms with Crippen LogP contribution in [0.4, 0.5) is 18.9 Å². The van der Waals surface area contributed by atoms with Crippen LogP contribution in [0.1, 0.15) is 76.7 Å². The molecule has 1 rings (SSSR count). The van der Waals surface area contributed by atoms with Crippen LogP contribution in [0.2, 0.25) is 0 Å². The average Bonchev–Trinajstić information content (AvgIpc) is 2.57. The summed E-state index contributed by atoms with van der Waals surface area (Å²) in [6.45, 7) is 2.22. The molecule has 0 heterocycles. The van der Waals surface area contributed by atoms with E-state index in [1.165, 1.54) is 63.5 Å². The molecule has 0 radical (unpaired) electrons. The van der Waals surface area contributed by atoms with Crippen molar-refractivity contribution in [2.24, 2.45) is 0 Å². The van der Waals surface area contributed by atoms with Crippen LogP contribution in [-0.2, 0) is 16.4 Å². The number of anilines is 1. The summed E-state index contributed by atoms with van der Waals surface area (Å²) in [6.07, 6.45) is 13.4. The van der Waals surface area contributed by atoms with E-state index in [1.54, 1.807) is 16.9 Å².